The second-order valence-corrected chi connectivity index (χ2v) is 4.61. The molecule has 3 heteroatoms. The monoisotopic (exact) mass is 215 g/mol. The SMILES string of the molecule is CCCCOCCNC1(C)CCCOC1. The lowest BCUT2D eigenvalue weighted by molar-refractivity contribution is 0.0238. The molecule has 1 fully saturated rings. The summed E-state index contributed by atoms with van der Waals surface area (Å²) in [4.78, 5) is 0. The fraction of sp³-hybridized carbons (Fsp3) is 1.00. The van der Waals surface area contributed by atoms with Gasteiger partial charge in [0.1, 0.15) is 0 Å². The average Bonchev–Trinajstić information content (AvgIpc) is 2.24. The number of nitrogens with one attached hydrogen (secondary N) is 1. The summed E-state index contributed by atoms with van der Waals surface area (Å²) in [7, 11) is 0. The summed E-state index contributed by atoms with van der Waals surface area (Å²) < 4.78 is 11.0. The maximum absolute atomic E-state index is 5.51. The van der Waals surface area contributed by atoms with E-state index in [2.05, 4.69) is 19.2 Å². The van der Waals surface area contributed by atoms with Crippen LogP contribution in [-0.2, 0) is 9.47 Å². The molecule has 3 nitrogen and oxygen atoms in total. The van der Waals surface area contributed by atoms with Gasteiger partial charge in [-0.05, 0) is 26.2 Å². The van der Waals surface area contributed by atoms with Crippen molar-refractivity contribution >= 4 is 0 Å². The van der Waals surface area contributed by atoms with Gasteiger partial charge in [-0.2, -0.15) is 0 Å². The summed E-state index contributed by atoms with van der Waals surface area (Å²) in [5.41, 5.74) is 0.173. The van der Waals surface area contributed by atoms with Crippen LogP contribution in [0.1, 0.15) is 39.5 Å². The first-order valence-electron chi connectivity index (χ1n) is 6.17. The highest BCUT2D eigenvalue weighted by molar-refractivity contribution is 4.84. The highest BCUT2D eigenvalue weighted by Gasteiger charge is 2.26. The zero-order valence-corrected chi connectivity index (χ0v) is 10.2. The van der Waals surface area contributed by atoms with Crippen LogP contribution in [0.4, 0.5) is 0 Å². The smallest absolute Gasteiger partial charge is 0.0645 e. The van der Waals surface area contributed by atoms with E-state index < -0.39 is 0 Å². The van der Waals surface area contributed by atoms with Crippen molar-refractivity contribution < 1.29 is 9.47 Å². The summed E-state index contributed by atoms with van der Waals surface area (Å²) in [5.74, 6) is 0. The molecule has 0 aromatic carbocycles. The molecule has 1 saturated heterocycles. The van der Waals surface area contributed by atoms with Crippen LogP contribution in [0.5, 0.6) is 0 Å². The first-order valence-corrected chi connectivity index (χ1v) is 6.17. The van der Waals surface area contributed by atoms with Gasteiger partial charge in [0.25, 0.3) is 0 Å². The van der Waals surface area contributed by atoms with Gasteiger partial charge in [-0.15, -0.1) is 0 Å². The number of rotatable bonds is 7. The van der Waals surface area contributed by atoms with E-state index in [1.807, 2.05) is 0 Å². The van der Waals surface area contributed by atoms with Gasteiger partial charge < -0.3 is 14.8 Å². The van der Waals surface area contributed by atoms with Gasteiger partial charge >= 0.3 is 0 Å². The largest absolute Gasteiger partial charge is 0.380 e. The Morgan fingerprint density at radius 1 is 1.40 bits per heavy atom. The van der Waals surface area contributed by atoms with Gasteiger partial charge in [-0.1, -0.05) is 13.3 Å². The number of unbranched alkanes of at least 4 members (excludes halogenated alkanes) is 1. The molecule has 0 amide bonds. The molecule has 1 unspecified atom stereocenters. The zero-order valence-electron chi connectivity index (χ0n) is 10.2. The Labute approximate surface area is 93.5 Å². The van der Waals surface area contributed by atoms with Crippen LogP contribution in [0, 0.1) is 0 Å². The van der Waals surface area contributed by atoms with Gasteiger partial charge in [0, 0.05) is 25.3 Å². The van der Waals surface area contributed by atoms with Gasteiger partial charge in [-0.3, -0.25) is 0 Å². The third kappa shape index (κ3) is 5.50. The highest BCUT2D eigenvalue weighted by atomic mass is 16.5. The maximum Gasteiger partial charge on any atom is 0.0645 e. The molecule has 1 aliphatic heterocycles. The van der Waals surface area contributed by atoms with E-state index in [1.165, 1.54) is 25.7 Å². The van der Waals surface area contributed by atoms with Crippen molar-refractivity contribution in [2.45, 2.75) is 45.1 Å². The molecule has 0 spiro atoms. The van der Waals surface area contributed by atoms with E-state index in [9.17, 15) is 0 Å². The van der Waals surface area contributed by atoms with Crippen LogP contribution >= 0.6 is 0 Å². The van der Waals surface area contributed by atoms with Crippen LogP contribution < -0.4 is 5.32 Å². The van der Waals surface area contributed by atoms with Crippen LogP contribution in [0.3, 0.4) is 0 Å². The third-order valence-electron chi connectivity index (χ3n) is 2.88. The van der Waals surface area contributed by atoms with E-state index in [-0.39, 0.29) is 5.54 Å². The molecule has 0 aromatic rings. The molecule has 90 valence electrons. The Kier molecular flexibility index (Phi) is 6.22. The minimum atomic E-state index is 0.173. The summed E-state index contributed by atoms with van der Waals surface area (Å²) >= 11 is 0. The van der Waals surface area contributed by atoms with E-state index in [0.29, 0.717) is 0 Å². The van der Waals surface area contributed by atoms with Crippen molar-refractivity contribution in [3.63, 3.8) is 0 Å². The quantitative estimate of drug-likeness (QED) is 0.659. The number of ether oxygens (including phenoxy) is 2. The van der Waals surface area contributed by atoms with Gasteiger partial charge in [0.2, 0.25) is 0 Å². The molecule has 0 aromatic heterocycles. The van der Waals surface area contributed by atoms with Crippen molar-refractivity contribution in [3.05, 3.63) is 0 Å². The van der Waals surface area contributed by atoms with Crippen LogP contribution in [-0.4, -0.2) is 38.5 Å². The lowest BCUT2D eigenvalue weighted by Gasteiger charge is -2.34. The molecular weight excluding hydrogens is 190 g/mol. The minimum absolute atomic E-state index is 0.173. The summed E-state index contributed by atoms with van der Waals surface area (Å²) in [6.07, 6.45) is 4.75. The molecule has 0 saturated carbocycles. The molecule has 15 heavy (non-hydrogen) atoms. The molecule has 1 atom stereocenters. The standard InChI is InChI=1S/C12H25NO2/c1-3-4-8-14-10-7-13-12(2)6-5-9-15-11-12/h13H,3-11H2,1-2H3. The predicted octanol–water partition coefficient (Wildman–Crippen LogP) is 1.96. The second kappa shape index (κ2) is 7.20. The third-order valence-corrected chi connectivity index (χ3v) is 2.88. The Balaban J connectivity index is 1.98. The summed E-state index contributed by atoms with van der Waals surface area (Å²) in [6.45, 7) is 8.82. The lowest BCUT2D eigenvalue weighted by atomic mass is 9.95. The molecule has 1 heterocycles. The fourth-order valence-electron chi connectivity index (χ4n) is 1.85. The molecule has 0 radical (unpaired) electrons. The topological polar surface area (TPSA) is 30.5 Å². The van der Waals surface area contributed by atoms with Crippen LogP contribution in [0.15, 0.2) is 0 Å². The molecule has 1 N–H and O–H groups in total. The first-order chi connectivity index (χ1) is 7.27. The summed E-state index contributed by atoms with van der Waals surface area (Å²) in [6, 6.07) is 0. The van der Waals surface area contributed by atoms with Crippen molar-refractivity contribution in [1.82, 2.24) is 5.32 Å². The van der Waals surface area contributed by atoms with Gasteiger partial charge in [0.05, 0.1) is 13.2 Å². The Hall–Kier alpha value is -0.120. The van der Waals surface area contributed by atoms with Crippen LogP contribution in [0.25, 0.3) is 0 Å². The fourth-order valence-corrected chi connectivity index (χ4v) is 1.85. The van der Waals surface area contributed by atoms with Gasteiger partial charge in [-0.25, -0.2) is 0 Å². The Morgan fingerprint density at radius 2 is 2.27 bits per heavy atom. The Morgan fingerprint density at radius 3 is 2.93 bits per heavy atom. The molecule has 0 bridgehead atoms. The van der Waals surface area contributed by atoms with E-state index >= 15 is 0 Å². The summed E-state index contributed by atoms with van der Waals surface area (Å²) in [5, 5.41) is 3.52. The van der Waals surface area contributed by atoms with E-state index in [4.69, 9.17) is 9.47 Å². The first kappa shape index (κ1) is 12.9. The zero-order chi connectivity index (χ0) is 11.0. The van der Waals surface area contributed by atoms with Crippen LogP contribution in [0.2, 0.25) is 0 Å². The molecule has 0 aliphatic carbocycles. The second-order valence-electron chi connectivity index (χ2n) is 4.61. The van der Waals surface area contributed by atoms with E-state index in [1.54, 1.807) is 0 Å². The normalized spacial score (nSPS) is 26.8. The van der Waals surface area contributed by atoms with Crippen molar-refractivity contribution in [3.8, 4) is 0 Å². The minimum Gasteiger partial charge on any atom is -0.380 e. The molecule has 1 rings (SSSR count). The highest BCUT2D eigenvalue weighted by Crippen LogP contribution is 2.17. The van der Waals surface area contributed by atoms with Gasteiger partial charge in [0.15, 0.2) is 0 Å². The average molecular weight is 215 g/mol. The number of hydrogen-bond donors (Lipinski definition) is 1. The maximum atomic E-state index is 5.51. The predicted molar refractivity (Wildman–Crippen MR) is 62.2 cm³/mol. The Bertz CT molecular complexity index is 156. The lowest BCUT2D eigenvalue weighted by Crippen LogP contribution is -2.50. The van der Waals surface area contributed by atoms with Crippen molar-refractivity contribution in [2.24, 2.45) is 0 Å². The number of hydrogen-bond acceptors (Lipinski definition) is 3. The van der Waals surface area contributed by atoms with Crippen molar-refractivity contribution in [1.29, 1.82) is 0 Å². The molecular formula is C12H25NO2. The van der Waals surface area contributed by atoms with Crippen molar-refractivity contribution in [2.75, 3.05) is 33.0 Å². The molecule has 1 aliphatic rings. The van der Waals surface area contributed by atoms with E-state index in [0.717, 1.165) is 33.0 Å².